The summed E-state index contributed by atoms with van der Waals surface area (Å²) in [6.45, 7) is 8.96. The molecule has 3 unspecified atom stereocenters. The van der Waals surface area contributed by atoms with Gasteiger partial charge in [0.1, 0.15) is 0 Å². The lowest BCUT2D eigenvalue weighted by Gasteiger charge is -2.43. The Hall–Kier alpha value is -0.560. The molecule has 0 heterocycles. The molecule has 0 radical (unpaired) electrons. The lowest BCUT2D eigenvalue weighted by molar-refractivity contribution is 0.0620. The van der Waals surface area contributed by atoms with Gasteiger partial charge in [0, 0.05) is 5.92 Å². The molecule has 16 heavy (non-hydrogen) atoms. The Bertz CT molecular complexity index is 324. The van der Waals surface area contributed by atoms with E-state index in [1.807, 2.05) is 0 Å². The van der Waals surface area contributed by atoms with Gasteiger partial charge in [-0.15, -0.1) is 0 Å². The van der Waals surface area contributed by atoms with E-state index in [1.54, 1.807) is 0 Å². The van der Waals surface area contributed by atoms with Crippen molar-refractivity contribution in [1.82, 2.24) is 0 Å². The predicted octanol–water partition coefficient (Wildman–Crippen LogP) is 3.55. The average Bonchev–Trinajstić information content (AvgIpc) is 2.15. The fourth-order valence-corrected chi connectivity index (χ4v) is 3.54. The summed E-state index contributed by atoms with van der Waals surface area (Å²) >= 11 is 0. The van der Waals surface area contributed by atoms with Crippen molar-refractivity contribution in [3.05, 3.63) is 23.3 Å². The molecule has 0 aromatic rings. The van der Waals surface area contributed by atoms with Crippen LogP contribution in [0.15, 0.2) is 23.3 Å². The number of fused-ring (bicyclic) bond motifs is 1. The molecule has 0 amide bonds. The van der Waals surface area contributed by atoms with Crippen molar-refractivity contribution in [3.63, 3.8) is 0 Å². The minimum atomic E-state index is -0.159. The maximum atomic E-state index is 10.3. The Kier molecular flexibility index (Phi) is 3.25. The quantitative estimate of drug-likeness (QED) is 0.670. The van der Waals surface area contributed by atoms with Crippen LogP contribution >= 0.6 is 0 Å². The molecule has 0 saturated heterocycles. The van der Waals surface area contributed by atoms with E-state index < -0.39 is 0 Å². The van der Waals surface area contributed by atoms with Crippen molar-refractivity contribution in [3.8, 4) is 0 Å². The number of rotatable bonds is 1. The Balaban J connectivity index is 2.35. The fraction of sp³-hybridized carbons (Fsp3) is 0.733. The molecule has 1 nitrogen and oxygen atoms in total. The van der Waals surface area contributed by atoms with Crippen LogP contribution in [0.3, 0.4) is 0 Å². The monoisotopic (exact) mass is 220 g/mol. The largest absolute Gasteiger partial charge is 0.392 e. The zero-order valence-corrected chi connectivity index (χ0v) is 10.9. The standard InChI is InChI=1S/C15H24O/c1-9(2)12-6-5-11(4)15-13(12)7-10(3)8-14(15)16/h5,7,9,12-16H,6,8H2,1-4H3/t12-,13?,14?,15?/m1/s1. The Morgan fingerprint density at radius 1 is 1.31 bits per heavy atom. The van der Waals surface area contributed by atoms with E-state index in [4.69, 9.17) is 0 Å². The molecule has 0 aromatic carbocycles. The Morgan fingerprint density at radius 2 is 2.00 bits per heavy atom. The zero-order valence-electron chi connectivity index (χ0n) is 10.9. The lowest BCUT2D eigenvalue weighted by atomic mass is 9.63. The second-order valence-corrected chi connectivity index (χ2v) is 5.98. The van der Waals surface area contributed by atoms with Crippen LogP contribution in [0.1, 0.15) is 40.5 Å². The molecule has 0 bridgehead atoms. The molecule has 1 N–H and O–H groups in total. The first-order valence-corrected chi connectivity index (χ1v) is 6.52. The van der Waals surface area contributed by atoms with E-state index in [0.29, 0.717) is 23.7 Å². The summed E-state index contributed by atoms with van der Waals surface area (Å²) in [6.07, 6.45) is 6.66. The number of aliphatic hydroxyl groups excluding tert-OH is 1. The van der Waals surface area contributed by atoms with E-state index in [0.717, 1.165) is 6.42 Å². The van der Waals surface area contributed by atoms with Gasteiger partial charge in [0.25, 0.3) is 0 Å². The van der Waals surface area contributed by atoms with E-state index in [-0.39, 0.29) is 6.10 Å². The first-order valence-electron chi connectivity index (χ1n) is 6.52. The summed E-state index contributed by atoms with van der Waals surface area (Å²) in [6, 6.07) is 0. The molecule has 0 saturated carbocycles. The van der Waals surface area contributed by atoms with Gasteiger partial charge in [0.15, 0.2) is 0 Å². The normalized spacial score (nSPS) is 39.1. The second-order valence-electron chi connectivity index (χ2n) is 5.98. The molecule has 1 heteroatoms. The van der Waals surface area contributed by atoms with Gasteiger partial charge in [-0.3, -0.25) is 0 Å². The SMILES string of the molecule is CC1=CC2C(C(C)=CC[C@@H]2C(C)C)C(O)C1. The van der Waals surface area contributed by atoms with Crippen molar-refractivity contribution in [1.29, 1.82) is 0 Å². The second kappa shape index (κ2) is 4.37. The van der Waals surface area contributed by atoms with Crippen LogP contribution in [-0.2, 0) is 0 Å². The minimum absolute atomic E-state index is 0.159. The highest BCUT2D eigenvalue weighted by molar-refractivity contribution is 5.23. The number of hydrogen-bond donors (Lipinski definition) is 1. The van der Waals surface area contributed by atoms with Gasteiger partial charge in [-0.2, -0.15) is 0 Å². The van der Waals surface area contributed by atoms with Gasteiger partial charge in [0.2, 0.25) is 0 Å². The highest BCUT2D eigenvalue weighted by atomic mass is 16.3. The van der Waals surface area contributed by atoms with Crippen LogP contribution in [0.4, 0.5) is 0 Å². The Labute approximate surface area is 99.3 Å². The van der Waals surface area contributed by atoms with Crippen LogP contribution in [-0.4, -0.2) is 11.2 Å². The summed E-state index contributed by atoms with van der Waals surface area (Å²) in [5.74, 6) is 2.35. The van der Waals surface area contributed by atoms with E-state index >= 15 is 0 Å². The highest BCUT2D eigenvalue weighted by Crippen LogP contribution is 2.45. The maximum absolute atomic E-state index is 10.3. The van der Waals surface area contributed by atoms with Crippen LogP contribution < -0.4 is 0 Å². The van der Waals surface area contributed by atoms with Gasteiger partial charge in [-0.1, -0.05) is 37.1 Å². The summed E-state index contributed by atoms with van der Waals surface area (Å²) in [5, 5.41) is 10.3. The van der Waals surface area contributed by atoms with Crippen LogP contribution in [0.5, 0.6) is 0 Å². The van der Waals surface area contributed by atoms with Gasteiger partial charge in [-0.05, 0) is 44.4 Å². The molecule has 0 spiro atoms. The number of allylic oxidation sites excluding steroid dienone is 2. The van der Waals surface area contributed by atoms with E-state index in [9.17, 15) is 5.11 Å². The highest BCUT2D eigenvalue weighted by Gasteiger charge is 2.39. The van der Waals surface area contributed by atoms with Gasteiger partial charge in [-0.25, -0.2) is 0 Å². The zero-order chi connectivity index (χ0) is 11.9. The fourth-order valence-electron chi connectivity index (χ4n) is 3.54. The van der Waals surface area contributed by atoms with Crippen molar-refractivity contribution in [2.45, 2.75) is 46.6 Å². The van der Waals surface area contributed by atoms with E-state index in [1.165, 1.54) is 17.6 Å². The third-order valence-electron chi connectivity index (χ3n) is 4.43. The topological polar surface area (TPSA) is 20.2 Å². The van der Waals surface area contributed by atoms with Gasteiger partial charge >= 0.3 is 0 Å². The molecule has 90 valence electrons. The molecule has 0 aliphatic heterocycles. The molecule has 4 atom stereocenters. The first kappa shape index (κ1) is 11.9. The predicted molar refractivity (Wildman–Crippen MR) is 68.1 cm³/mol. The smallest absolute Gasteiger partial charge is 0.0648 e. The van der Waals surface area contributed by atoms with Gasteiger partial charge in [0.05, 0.1) is 6.10 Å². The number of aliphatic hydroxyl groups is 1. The summed E-state index contributed by atoms with van der Waals surface area (Å²) in [5.41, 5.74) is 2.77. The van der Waals surface area contributed by atoms with Crippen molar-refractivity contribution >= 4 is 0 Å². The minimum Gasteiger partial charge on any atom is -0.392 e. The molecule has 0 aromatic heterocycles. The molecule has 0 fully saturated rings. The molecule has 2 aliphatic rings. The molecule has 2 rings (SSSR count). The third kappa shape index (κ3) is 1.98. The van der Waals surface area contributed by atoms with Crippen molar-refractivity contribution in [2.24, 2.45) is 23.7 Å². The van der Waals surface area contributed by atoms with Crippen molar-refractivity contribution in [2.75, 3.05) is 0 Å². The third-order valence-corrected chi connectivity index (χ3v) is 4.43. The van der Waals surface area contributed by atoms with Crippen LogP contribution in [0.2, 0.25) is 0 Å². The average molecular weight is 220 g/mol. The summed E-state index contributed by atoms with van der Waals surface area (Å²) < 4.78 is 0. The first-order chi connectivity index (χ1) is 7.50. The lowest BCUT2D eigenvalue weighted by Crippen LogP contribution is -2.39. The van der Waals surface area contributed by atoms with Gasteiger partial charge < -0.3 is 5.11 Å². The molecular formula is C15H24O. The van der Waals surface area contributed by atoms with Crippen LogP contribution in [0.25, 0.3) is 0 Å². The number of hydrogen-bond acceptors (Lipinski definition) is 1. The van der Waals surface area contributed by atoms with Crippen LogP contribution in [0, 0.1) is 23.7 Å². The van der Waals surface area contributed by atoms with E-state index in [2.05, 4.69) is 39.8 Å². The maximum Gasteiger partial charge on any atom is 0.0648 e. The summed E-state index contributed by atoms with van der Waals surface area (Å²) in [4.78, 5) is 0. The molecular weight excluding hydrogens is 196 g/mol. The Morgan fingerprint density at radius 3 is 2.62 bits per heavy atom. The van der Waals surface area contributed by atoms with Crippen molar-refractivity contribution < 1.29 is 5.11 Å². The molecule has 2 aliphatic carbocycles. The summed E-state index contributed by atoms with van der Waals surface area (Å²) in [7, 11) is 0.